The summed E-state index contributed by atoms with van der Waals surface area (Å²) < 4.78 is 5.27. The summed E-state index contributed by atoms with van der Waals surface area (Å²) in [6.07, 6.45) is 5.49. The van der Waals surface area contributed by atoms with Gasteiger partial charge in [-0.2, -0.15) is 5.26 Å². The van der Waals surface area contributed by atoms with E-state index in [9.17, 15) is 9.59 Å². The summed E-state index contributed by atoms with van der Waals surface area (Å²) in [7, 11) is 0. The van der Waals surface area contributed by atoms with Crippen molar-refractivity contribution in [3.8, 4) is 6.07 Å². The normalized spacial score (nSPS) is 23.1. The topological polar surface area (TPSA) is 70.4 Å². The summed E-state index contributed by atoms with van der Waals surface area (Å²) in [4.78, 5) is 26.3. The van der Waals surface area contributed by atoms with Crippen LogP contribution in [0, 0.1) is 36.0 Å². The number of amides is 1. The first-order chi connectivity index (χ1) is 13.0. The Balaban J connectivity index is 1.56. The molecular formula is C21H25ClN2O3. The van der Waals surface area contributed by atoms with E-state index in [1.807, 2.05) is 13.0 Å². The predicted octanol–water partition coefficient (Wildman–Crippen LogP) is 4.26. The highest BCUT2D eigenvalue weighted by Crippen LogP contribution is 2.49. The van der Waals surface area contributed by atoms with Gasteiger partial charge in [-0.1, -0.05) is 18.0 Å². The van der Waals surface area contributed by atoms with Crippen molar-refractivity contribution in [3.63, 3.8) is 0 Å². The van der Waals surface area contributed by atoms with E-state index in [2.05, 4.69) is 0 Å². The third kappa shape index (κ3) is 4.81. The maximum Gasteiger partial charge on any atom is 0.306 e. The number of aryl methyl sites for hydroxylation is 1. The number of nitriles is 1. The summed E-state index contributed by atoms with van der Waals surface area (Å²) in [5.41, 5.74) is 1.50. The van der Waals surface area contributed by atoms with E-state index in [0.29, 0.717) is 29.0 Å². The molecule has 1 amide bonds. The van der Waals surface area contributed by atoms with Crippen LogP contribution in [-0.2, 0) is 14.3 Å². The summed E-state index contributed by atoms with van der Waals surface area (Å²) >= 11 is 6.05. The lowest BCUT2D eigenvalue weighted by atomic mass is 9.86. The summed E-state index contributed by atoms with van der Waals surface area (Å²) in [5, 5.41) is 9.49. The molecule has 1 aromatic rings. The smallest absolute Gasteiger partial charge is 0.306 e. The highest BCUT2D eigenvalue weighted by molar-refractivity contribution is 6.31. The molecule has 0 heterocycles. The lowest BCUT2D eigenvalue weighted by molar-refractivity contribution is -0.149. The first-order valence-corrected chi connectivity index (χ1v) is 9.94. The van der Waals surface area contributed by atoms with Crippen LogP contribution in [0.2, 0.25) is 5.02 Å². The number of benzene rings is 1. The number of halogens is 1. The summed E-state index contributed by atoms with van der Waals surface area (Å²) in [5.74, 6) is 1.23. The third-order valence-electron chi connectivity index (χ3n) is 5.87. The molecule has 5 nitrogen and oxygen atoms in total. The SMILES string of the molecule is Cc1cc(N(CCC#N)C(=O)COC(=O)CC2CC3CCC2C3)ccc1Cl. The number of carbonyl (C=O) groups excluding carboxylic acids is 2. The minimum absolute atomic E-state index is 0.201. The molecule has 0 radical (unpaired) electrons. The molecule has 3 unspecified atom stereocenters. The molecule has 0 spiro atoms. The van der Waals surface area contributed by atoms with Gasteiger partial charge in [0.2, 0.25) is 0 Å². The Hall–Kier alpha value is -2.06. The van der Waals surface area contributed by atoms with E-state index < -0.39 is 0 Å². The average Bonchev–Trinajstić information content (AvgIpc) is 3.26. The van der Waals surface area contributed by atoms with Gasteiger partial charge in [-0.15, -0.1) is 0 Å². The second-order valence-electron chi connectivity index (χ2n) is 7.69. The van der Waals surface area contributed by atoms with Crippen LogP contribution in [0.25, 0.3) is 0 Å². The van der Waals surface area contributed by atoms with Gasteiger partial charge in [0, 0.05) is 23.7 Å². The van der Waals surface area contributed by atoms with E-state index >= 15 is 0 Å². The number of rotatable bonds is 7. The van der Waals surface area contributed by atoms with E-state index in [1.54, 1.807) is 18.2 Å². The number of nitrogens with zero attached hydrogens (tertiary/aromatic N) is 2. The molecule has 27 heavy (non-hydrogen) atoms. The lowest BCUT2D eigenvalue weighted by Gasteiger charge is -2.23. The monoisotopic (exact) mass is 388 g/mol. The van der Waals surface area contributed by atoms with Gasteiger partial charge in [0.25, 0.3) is 5.91 Å². The van der Waals surface area contributed by atoms with E-state index in [0.717, 1.165) is 17.9 Å². The number of hydrogen-bond acceptors (Lipinski definition) is 4. The fourth-order valence-corrected chi connectivity index (χ4v) is 4.59. The van der Waals surface area contributed by atoms with Crippen LogP contribution < -0.4 is 4.90 Å². The van der Waals surface area contributed by atoms with Crippen LogP contribution in [0.4, 0.5) is 5.69 Å². The molecule has 2 bridgehead atoms. The van der Waals surface area contributed by atoms with Gasteiger partial charge in [-0.25, -0.2) is 0 Å². The fourth-order valence-electron chi connectivity index (χ4n) is 4.48. The quantitative estimate of drug-likeness (QED) is 0.654. The fraction of sp³-hybridized carbons (Fsp3) is 0.571. The van der Waals surface area contributed by atoms with Crippen molar-refractivity contribution in [1.82, 2.24) is 0 Å². The molecule has 3 rings (SSSR count). The number of esters is 1. The first-order valence-electron chi connectivity index (χ1n) is 9.57. The Morgan fingerprint density at radius 2 is 2.15 bits per heavy atom. The van der Waals surface area contributed by atoms with E-state index in [-0.39, 0.29) is 31.4 Å². The van der Waals surface area contributed by atoms with Gasteiger partial charge >= 0.3 is 5.97 Å². The Morgan fingerprint density at radius 1 is 1.33 bits per heavy atom. The zero-order chi connectivity index (χ0) is 19.4. The molecule has 2 aliphatic carbocycles. The van der Waals surface area contributed by atoms with Gasteiger partial charge < -0.3 is 9.64 Å². The predicted molar refractivity (Wildman–Crippen MR) is 103 cm³/mol. The van der Waals surface area contributed by atoms with Crippen LogP contribution in [0.3, 0.4) is 0 Å². The highest BCUT2D eigenvalue weighted by atomic mass is 35.5. The molecule has 3 atom stereocenters. The minimum Gasteiger partial charge on any atom is -0.456 e. The van der Waals surface area contributed by atoms with Gasteiger partial charge in [-0.3, -0.25) is 9.59 Å². The van der Waals surface area contributed by atoms with E-state index in [1.165, 1.54) is 24.2 Å². The molecule has 0 N–H and O–H groups in total. The van der Waals surface area contributed by atoms with E-state index in [4.69, 9.17) is 21.6 Å². The molecule has 144 valence electrons. The molecule has 6 heteroatoms. The maximum atomic E-state index is 12.6. The Kier molecular flexibility index (Phi) is 6.38. The zero-order valence-electron chi connectivity index (χ0n) is 15.6. The van der Waals surface area contributed by atoms with Crippen molar-refractivity contribution in [1.29, 1.82) is 5.26 Å². The van der Waals surface area contributed by atoms with Gasteiger partial charge in [0.15, 0.2) is 6.61 Å². The Morgan fingerprint density at radius 3 is 2.78 bits per heavy atom. The molecule has 1 aromatic carbocycles. The van der Waals surface area contributed by atoms with Gasteiger partial charge in [0.1, 0.15) is 0 Å². The number of anilines is 1. The molecule has 2 fully saturated rings. The third-order valence-corrected chi connectivity index (χ3v) is 6.30. The standard InChI is InChI=1S/C21H25ClN2O3/c1-14-9-18(5-6-19(14)22)24(8-2-7-23)20(25)13-27-21(26)12-17-11-15-3-4-16(17)10-15/h5-6,9,15-17H,2-4,8,10-13H2,1H3. The summed E-state index contributed by atoms with van der Waals surface area (Å²) in [6.45, 7) is 1.81. The van der Waals surface area contributed by atoms with Crippen molar-refractivity contribution in [2.24, 2.45) is 17.8 Å². The molecule has 2 aliphatic rings. The van der Waals surface area contributed by atoms with Crippen molar-refractivity contribution in [2.75, 3.05) is 18.1 Å². The first kappa shape index (κ1) is 19.7. The Labute approximate surface area is 165 Å². The summed E-state index contributed by atoms with van der Waals surface area (Å²) in [6, 6.07) is 7.31. The number of hydrogen-bond donors (Lipinski definition) is 0. The molecule has 0 aliphatic heterocycles. The van der Waals surface area contributed by atoms with Crippen molar-refractivity contribution in [2.45, 2.75) is 45.4 Å². The van der Waals surface area contributed by atoms with Crippen LogP contribution in [0.5, 0.6) is 0 Å². The van der Waals surface area contributed by atoms with Crippen molar-refractivity contribution in [3.05, 3.63) is 28.8 Å². The lowest BCUT2D eigenvalue weighted by Crippen LogP contribution is -2.35. The number of ether oxygens (including phenoxy) is 1. The molecular weight excluding hydrogens is 364 g/mol. The van der Waals surface area contributed by atoms with Gasteiger partial charge in [-0.05, 0) is 67.7 Å². The molecule has 2 saturated carbocycles. The van der Waals surface area contributed by atoms with Gasteiger partial charge in [0.05, 0.1) is 12.5 Å². The van der Waals surface area contributed by atoms with Crippen molar-refractivity contribution >= 4 is 29.2 Å². The second kappa shape index (κ2) is 8.75. The largest absolute Gasteiger partial charge is 0.456 e. The van der Waals surface area contributed by atoms with Crippen LogP contribution in [-0.4, -0.2) is 25.0 Å². The molecule has 0 saturated heterocycles. The second-order valence-corrected chi connectivity index (χ2v) is 8.09. The number of carbonyl (C=O) groups is 2. The Bertz CT molecular complexity index is 758. The highest BCUT2D eigenvalue weighted by Gasteiger charge is 2.40. The van der Waals surface area contributed by atoms with Crippen molar-refractivity contribution < 1.29 is 14.3 Å². The van der Waals surface area contributed by atoms with Crippen LogP contribution in [0.15, 0.2) is 18.2 Å². The average molecular weight is 389 g/mol. The zero-order valence-corrected chi connectivity index (χ0v) is 16.4. The van der Waals surface area contributed by atoms with Crippen LogP contribution >= 0.6 is 11.6 Å². The maximum absolute atomic E-state index is 12.6. The molecule has 0 aromatic heterocycles. The number of fused-ring (bicyclic) bond motifs is 2. The minimum atomic E-state index is -0.326. The van der Waals surface area contributed by atoms with Crippen LogP contribution in [0.1, 0.15) is 44.1 Å².